The molecule has 0 bridgehead atoms. The Balaban J connectivity index is 2.41. The molecule has 0 aliphatic carbocycles. The maximum atomic E-state index is 2.54. The molecule has 0 amide bonds. The zero-order valence-electron chi connectivity index (χ0n) is 11.6. The molecule has 0 spiro atoms. The van der Waals surface area contributed by atoms with Gasteiger partial charge in [0.1, 0.15) is 0 Å². The fourth-order valence-electron chi connectivity index (χ4n) is 3.44. The summed E-state index contributed by atoms with van der Waals surface area (Å²) < 4.78 is 3.43. The van der Waals surface area contributed by atoms with Crippen LogP contribution in [0.5, 0.6) is 0 Å². The van der Waals surface area contributed by atoms with E-state index in [1.807, 2.05) is 0 Å². The van der Waals surface area contributed by atoms with Gasteiger partial charge in [-0.2, -0.15) is 0 Å². The molecule has 0 radical (unpaired) electrons. The summed E-state index contributed by atoms with van der Waals surface area (Å²) in [6, 6.07) is 18.5. The topological polar surface area (TPSA) is 0 Å². The Hall–Kier alpha value is -0.800. The molecular weight excluding hydrogens is 293 g/mol. The van der Waals surface area contributed by atoms with Gasteiger partial charge in [-0.25, -0.2) is 0 Å². The average molecular weight is 313 g/mol. The minimum atomic E-state index is -2.05. The first kappa shape index (κ1) is 12.2. The van der Waals surface area contributed by atoms with Gasteiger partial charge in [-0.05, 0) is 0 Å². The van der Waals surface area contributed by atoms with Gasteiger partial charge in [0.05, 0.1) is 0 Å². The third-order valence-electron chi connectivity index (χ3n) is 4.55. The fraction of sp³-hybridized carbons (Fsp3) is 0.250. The van der Waals surface area contributed by atoms with Crippen molar-refractivity contribution in [3.8, 4) is 0 Å². The van der Waals surface area contributed by atoms with Crippen molar-refractivity contribution in [1.29, 1.82) is 0 Å². The molecule has 0 nitrogen and oxygen atoms in total. The second-order valence-corrected chi connectivity index (χ2v) is 19.7. The third-order valence-corrected chi connectivity index (χ3v) is 16.6. The summed E-state index contributed by atoms with van der Waals surface area (Å²) in [6.07, 6.45) is 0. The second kappa shape index (κ2) is 3.84. The van der Waals surface area contributed by atoms with E-state index in [-0.39, 0.29) is 0 Å². The van der Waals surface area contributed by atoms with Crippen LogP contribution in [-0.2, 0) is 0 Å². The molecule has 0 atom stereocenters. The molecule has 0 fully saturated rings. The van der Waals surface area contributed by atoms with Crippen LogP contribution >= 0.6 is 0 Å². The van der Waals surface area contributed by atoms with Gasteiger partial charge in [0.15, 0.2) is 0 Å². The Morgan fingerprint density at radius 2 is 1.11 bits per heavy atom. The molecule has 1 aliphatic rings. The quantitative estimate of drug-likeness (QED) is 0.649. The zero-order chi connectivity index (χ0) is 13.0. The van der Waals surface area contributed by atoms with Gasteiger partial charge in [0, 0.05) is 0 Å². The van der Waals surface area contributed by atoms with Crippen molar-refractivity contribution in [2.24, 2.45) is 0 Å². The van der Waals surface area contributed by atoms with Crippen LogP contribution in [0.1, 0.15) is 0 Å². The summed E-state index contributed by atoms with van der Waals surface area (Å²) in [7, 11) is -1.47. The van der Waals surface area contributed by atoms with Gasteiger partial charge < -0.3 is 0 Å². The first-order valence-corrected chi connectivity index (χ1v) is 15.9. The number of benzene rings is 2. The molecule has 92 valence electrons. The van der Waals surface area contributed by atoms with E-state index in [4.69, 9.17) is 0 Å². The van der Waals surface area contributed by atoms with Crippen molar-refractivity contribution in [2.45, 2.75) is 24.6 Å². The molecule has 0 saturated carbocycles. The molecule has 1 aliphatic heterocycles. The Labute approximate surface area is 113 Å². The first-order chi connectivity index (χ1) is 8.45. The number of rotatable bonds is 0. The molecule has 0 unspecified atom stereocenters. The third kappa shape index (κ3) is 1.50. The van der Waals surface area contributed by atoms with Crippen LogP contribution in [0.15, 0.2) is 48.5 Å². The molecule has 2 aromatic rings. The summed E-state index contributed by atoms with van der Waals surface area (Å²) in [5.41, 5.74) is 0. The molecule has 2 heteroatoms. The van der Waals surface area contributed by atoms with Crippen molar-refractivity contribution >= 4 is 40.5 Å². The normalized spacial score (nSPS) is 18.9. The summed E-state index contributed by atoms with van der Waals surface area (Å²) >= 11 is -2.05. The van der Waals surface area contributed by atoms with Crippen LogP contribution in [0.4, 0.5) is 0 Å². The predicted octanol–water partition coefficient (Wildman–Crippen LogP) is 1.65. The van der Waals surface area contributed by atoms with E-state index in [1.165, 1.54) is 0 Å². The van der Waals surface area contributed by atoms with Crippen molar-refractivity contribution in [1.82, 2.24) is 0 Å². The van der Waals surface area contributed by atoms with Crippen molar-refractivity contribution < 1.29 is 0 Å². The van der Waals surface area contributed by atoms with Gasteiger partial charge in [-0.3, -0.25) is 0 Å². The van der Waals surface area contributed by atoms with E-state index in [9.17, 15) is 0 Å². The summed E-state index contributed by atoms with van der Waals surface area (Å²) in [5, 5.41) is 3.38. The molecule has 0 saturated heterocycles. The zero-order valence-corrected chi connectivity index (χ0v) is 14.7. The fourth-order valence-corrected chi connectivity index (χ4v) is 19.4. The maximum absolute atomic E-state index is 2.54. The van der Waals surface area contributed by atoms with E-state index < -0.39 is 21.3 Å². The molecule has 1 heterocycles. The Bertz CT molecular complexity index is 508. The summed E-state index contributed by atoms with van der Waals surface area (Å²) in [6.45, 7) is 5.00. The Kier molecular flexibility index (Phi) is 2.62. The van der Waals surface area contributed by atoms with E-state index >= 15 is 0 Å². The standard InChI is InChI=1S/C16H20GeSi/c1-17(2)13-9-5-7-11-15(13)18(3,4)16-12-8-6-10-14(16)17/h5-12H,1-4H3. The van der Waals surface area contributed by atoms with Gasteiger partial charge in [0.25, 0.3) is 0 Å². The van der Waals surface area contributed by atoms with Crippen molar-refractivity contribution in [3.63, 3.8) is 0 Å². The van der Waals surface area contributed by atoms with Gasteiger partial charge >= 0.3 is 114 Å². The Morgan fingerprint density at radius 3 is 1.56 bits per heavy atom. The molecule has 0 aromatic heterocycles. The number of hydrogen-bond donors (Lipinski definition) is 0. The minimum absolute atomic E-state index is 1.47. The molecular formula is C16H20GeSi. The van der Waals surface area contributed by atoms with E-state index in [0.717, 1.165) is 0 Å². The summed E-state index contributed by atoms with van der Waals surface area (Å²) in [5.74, 6) is 5.09. The SMILES string of the molecule is C[Si]1(C)c2cccc[c]2[Ge]([CH3])([CH3])[c]2ccccc21. The van der Waals surface area contributed by atoms with E-state index in [2.05, 4.69) is 73.1 Å². The van der Waals surface area contributed by atoms with Crippen LogP contribution in [0.2, 0.25) is 24.6 Å². The van der Waals surface area contributed by atoms with Crippen LogP contribution < -0.4 is 19.2 Å². The Morgan fingerprint density at radius 1 is 0.722 bits per heavy atom. The van der Waals surface area contributed by atoms with Crippen LogP contribution in [0.3, 0.4) is 0 Å². The number of fused-ring (bicyclic) bond motifs is 2. The monoisotopic (exact) mass is 314 g/mol. The van der Waals surface area contributed by atoms with Gasteiger partial charge in [0.2, 0.25) is 0 Å². The molecule has 0 N–H and O–H groups in total. The molecule has 18 heavy (non-hydrogen) atoms. The first-order valence-electron chi connectivity index (χ1n) is 6.65. The molecule has 3 rings (SSSR count). The van der Waals surface area contributed by atoms with E-state index in [1.54, 1.807) is 19.2 Å². The van der Waals surface area contributed by atoms with Gasteiger partial charge in [-0.1, -0.05) is 0 Å². The van der Waals surface area contributed by atoms with Gasteiger partial charge in [-0.15, -0.1) is 0 Å². The van der Waals surface area contributed by atoms with Crippen LogP contribution in [0, 0.1) is 0 Å². The van der Waals surface area contributed by atoms with E-state index in [0.29, 0.717) is 0 Å². The molecule has 2 aromatic carbocycles. The predicted molar refractivity (Wildman–Crippen MR) is 86.4 cm³/mol. The van der Waals surface area contributed by atoms with Crippen LogP contribution in [-0.4, -0.2) is 21.3 Å². The van der Waals surface area contributed by atoms with Crippen LogP contribution in [0.25, 0.3) is 0 Å². The summed E-state index contributed by atoms with van der Waals surface area (Å²) in [4.78, 5) is 0. The van der Waals surface area contributed by atoms with Crippen molar-refractivity contribution in [3.05, 3.63) is 48.5 Å². The average Bonchev–Trinajstić information content (AvgIpc) is 2.37. The second-order valence-electron chi connectivity index (χ2n) is 6.34. The van der Waals surface area contributed by atoms with Crippen molar-refractivity contribution in [2.75, 3.05) is 0 Å². The number of hydrogen-bond acceptors (Lipinski definition) is 0.